The van der Waals surface area contributed by atoms with Crippen LogP contribution in [0.4, 0.5) is 4.39 Å². The van der Waals surface area contributed by atoms with Gasteiger partial charge >= 0.3 is 6.01 Å². The summed E-state index contributed by atoms with van der Waals surface area (Å²) in [7, 11) is 0. The summed E-state index contributed by atoms with van der Waals surface area (Å²) in [6, 6.07) is 4.60. The van der Waals surface area contributed by atoms with Crippen molar-refractivity contribution in [3.63, 3.8) is 0 Å². The van der Waals surface area contributed by atoms with Gasteiger partial charge in [-0.15, -0.1) is 0 Å². The van der Waals surface area contributed by atoms with Crippen molar-refractivity contribution in [2.24, 2.45) is 0 Å². The Balaban J connectivity index is 1.99. The first-order valence-corrected chi connectivity index (χ1v) is 6.64. The van der Waals surface area contributed by atoms with Gasteiger partial charge in [0.05, 0.1) is 0 Å². The lowest BCUT2D eigenvalue weighted by atomic mass is 10.2. The molecule has 0 spiro atoms. The minimum atomic E-state index is -0.284. The molecule has 0 aliphatic carbocycles. The largest absolute Gasteiger partial charge is 0.424 e. The molecule has 0 saturated carbocycles. The first kappa shape index (κ1) is 14.4. The first-order chi connectivity index (χ1) is 9.69. The molecule has 0 fully saturated rings. The highest BCUT2D eigenvalue weighted by Gasteiger charge is 2.05. The van der Waals surface area contributed by atoms with E-state index >= 15 is 0 Å². The zero-order valence-corrected chi connectivity index (χ0v) is 11.7. The maximum absolute atomic E-state index is 13.0. The third-order valence-corrected chi connectivity index (χ3v) is 2.78. The van der Waals surface area contributed by atoms with Gasteiger partial charge in [0.15, 0.2) is 0 Å². The van der Waals surface area contributed by atoms with Crippen molar-refractivity contribution in [3.05, 3.63) is 47.5 Å². The van der Waals surface area contributed by atoms with Gasteiger partial charge in [-0.2, -0.15) is 0 Å². The zero-order chi connectivity index (χ0) is 14.4. The van der Waals surface area contributed by atoms with Gasteiger partial charge in [0.25, 0.3) is 0 Å². The van der Waals surface area contributed by atoms with E-state index < -0.39 is 0 Å². The van der Waals surface area contributed by atoms with Gasteiger partial charge < -0.3 is 10.1 Å². The Labute approximate surface area is 118 Å². The molecule has 106 valence electrons. The van der Waals surface area contributed by atoms with Crippen molar-refractivity contribution >= 4 is 0 Å². The Bertz CT molecular complexity index is 558. The minimum absolute atomic E-state index is 0.263. The summed E-state index contributed by atoms with van der Waals surface area (Å²) in [6.07, 6.45) is 4.54. The third kappa shape index (κ3) is 3.99. The van der Waals surface area contributed by atoms with E-state index in [1.165, 1.54) is 12.1 Å². The van der Waals surface area contributed by atoms with Gasteiger partial charge in [-0.25, -0.2) is 14.4 Å². The van der Waals surface area contributed by atoms with Crippen LogP contribution < -0.4 is 10.1 Å². The highest BCUT2D eigenvalue weighted by molar-refractivity contribution is 5.34. The summed E-state index contributed by atoms with van der Waals surface area (Å²) in [6.45, 7) is 5.60. The van der Waals surface area contributed by atoms with Gasteiger partial charge in [0, 0.05) is 24.5 Å². The Morgan fingerprint density at radius 3 is 2.65 bits per heavy atom. The lowest BCUT2D eigenvalue weighted by Crippen LogP contribution is -2.14. The lowest BCUT2D eigenvalue weighted by molar-refractivity contribution is 0.436. The van der Waals surface area contributed by atoms with Crippen molar-refractivity contribution < 1.29 is 9.13 Å². The van der Waals surface area contributed by atoms with Gasteiger partial charge in [-0.05, 0) is 43.7 Å². The molecule has 0 radical (unpaired) electrons. The number of hydrogen-bond acceptors (Lipinski definition) is 4. The van der Waals surface area contributed by atoms with Crippen LogP contribution in [0.1, 0.15) is 24.5 Å². The van der Waals surface area contributed by atoms with E-state index in [9.17, 15) is 4.39 Å². The minimum Gasteiger partial charge on any atom is -0.424 e. The smallest absolute Gasteiger partial charge is 0.321 e. The van der Waals surface area contributed by atoms with Crippen molar-refractivity contribution in [2.75, 3.05) is 6.54 Å². The number of nitrogens with zero attached hydrogens (tertiary/aromatic N) is 2. The van der Waals surface area contributed by atoms with Gasteiger partial charge in [0.1, 0.15) is 11.6 Å². The highest BCUT2D eigenvalue weighted by atomic mass is 19.1. The standard InChI is InChI=1S/C15H18FN3O/c1-3-6-17-8-12-9-18-15(19-10-12)20-14-5-4-13(16)7-11(14)2/h4-5,7,9-10,17H,3,6,8H2,1-2H3. The Morgan fingerprint density at radius 2 is 2.00 bits per heavy atom. The third-order valence-electron chi connectivity index (χ3n) is 2.78. The van der Waals surface area contributed by atoms with Crippen LogP contribution in [0.5, 0.6) is 11.8 Å². The van der Waals surface area contributed by atoms with Crippen molar-refractivity contribution in [1.29, 1.82) is 0 Å². The molecule has 1 aromatic carbocycles. The summed E-state index contributed by atoms with van der Waals surface area (Å²) in [5.74, 6) is 0.274. The van der Waals surface area contributed by atoms with E-state index in [0.717, 1.165) is 25.1 Å². The van der Waals surface area contributed by atoms with Crippen molar-refractivity contribution in [1.82, 2.24) is 15.3 Å². The number of aryl methyl sites for hydroxylation is 1. The first-order valence-electron chi connectivity index (χ1n) is 6.64. The number of benzene rings is 1. The zero-order valence-electron chi connectivity index (χ0n) is 11.7. The normalized spacial score (nSPS) is 10.6. The van der Waals surface area contributed by atoms with Crippen LogP contribution in [0.2, 0.25) is 0 Å². The molecule has 0 aliphatic rings. The summed E-state index contributed by atoms with van der Waals surface area (Å²) in [4.78, 5) is 8.30. The van der Waals surface area contributed by atoms with Crippen LogP contribution in [0.25, 0.3) is 0 Å². The van der Waals surface area contributed by atoms with Crippen molar-refractivity contribution in [2.45, 2.75) is 26.8 Å². The number of aromatic nitrogens is 2. The summed E-state index contributed by atoms with van der Waals surface area (Å²) >= 11 is 0. The Morgan fingerprint density at radius 1 is 1.25 bits per heavy atom. The monoisotopic (exact) mass is 275 g/mol. The van der Waals surface area contributed by atoms with Gasteiger partial charge in [-0.1, -0.05) is 6.92 Å². The Hall–Kier alpha value is -2.01. The van der Waals surface area contributed by atoms with E-state index in [4.69, 9.17) is 4.74 Å². The number of ether oxygens (including phenoxy) is 1. The molecular formula is C15H18FN3O. The predicted octanol–water partition coefficient (Wildman–Crippen LogP) is 3.22. The predicted molar refractivity (Wildman–Crippen MR) is 75.2 cm³/mol. The molecule has 0 unspecified atom stereocenters. The van der Waals surface area contributed by atoms with Crippen LogP contribution in [0.3, 0.4) is 0 Å². The molecule has 4 nitrogen and oxygen atoms in total. The molecule has 0 atom stereocenters. The maximum atomic E-state index is 13.0. The average Bonchev–Trinajstić information content (AvgIpc) is 2.44. The van der Waals surface area contributed by atoms with Crippen LogP contribution >= 0.6 is 0 Å². The van der Waals surface area contributed by atoms with E-state index in [-0.39, 0.29) is 11.8 Å². The number of rotatable bonds is 6. The Kier molecular flexibility index (Phi) is 5.01. The van der Waals surface area contributed by atoms with E-state index in [2.05, 4.69) is 22.2 Å². The molecule has 5 heteroatoms. The SMILES string of the molecule is CCCNCc1cnc(Oc2ccc(F)cc2C)nc1. The van der Waals surface area contributed by atoms with Crippen LogP contribution in [0.15, 0.2) is 30.6 Å². The molecule has 0 aliphatic heterocycles. The van der Waals surface area contributed by atoms with E-state index in [1.54, 1.807) is 25.4 Å². The lowest BCUT2D eigenvalue weighted by Gasteiger charge is -2.07. The van der Waals surface area contributed by atoms with Crippen LogP contribution in [-0.4, -0.2) is 16.5 Å². The molecule has 1 heterocycles. The van der Waals surface area contributed by atoms with Gasteiger partial charge in [-0.3, -0.25) is 0 Å². The molecule has 2 aromatic rings. The second-order valence-electron chi connectivity index (χ2n) is 4.56. The summed E-state index contributed by atoms with van der Waals surface area (Å²) < 4.78 is 18.5. The van der Waals surface area contributed by atoms with Crippen LogP contribution in [-0.2, 0) is 6.54 Å². The topological polar surface area (TPSA) is 47.0 Å². The molecule has 0 amide bonds. The van der Waals surface area contributed by atoms with Crippen molar-refractivity contribution in [3.8, 4) is 11.8 Å². The molecule has 0 bridgehead atoms. The fourth-order valence-electron chi connectivity index (χ4n) is 1.72. The van der Waals surface area contributed by atoms with Gasteiger partial charge in [0.2, 0.25) is 0 Å². The van der Waals surface area contributed by atoms with E-state index in [1.807, 2.05) is 0 Å². The summed E-state index contributed by atoms with van der Waals surface area (Å²) in [5, 5.41) is 3.27. The highest BCUT2D eigenvalue weighted by Crippen LogP contribution is 2.22. The molecule has 0 saturated heterocycles. The summed E-state index contributed by atoms with van der Waals surface area (Å²) in [5.41, 5.74) is 1.71. The number of nitrogens with one attached hydrogen (secondary N) is 1. The molecule has 2 rings (SSSR count). The number of halogens is 1. The second-order valence-corrected chi connectivity index (χ2v) is 4.56. The van der Waals surface area contributed by atoms with Crippen LogP contribution in [0, 0.1) is 12.7 Å². The quantitative estimate of drug-likeness (QED) is 0.822. The molecular weight excluding hydrogens is 257 g/mol. The number of hydrogen-bond donors (Lipinski definition) is 1. The second kappa shape index (κ2) is 6.96. The molecule has 20 heavy (non-hydrogen) atoms. The molecule has 1 N–H and O–H groups in total. The maximum Gasteiger partial charge on any atom is 0.321 e. The fourth-order valence-corrected chi connectivity index (χ4v) is 1.72. The average molecular weight is 275 g/mol. The van der Waals surface area contributed by atoms with E-state index in [0.29, 0.717) is 11.3 Å². The fraction of sp³-hybridized carbons (Fsp3) is 0.333. The molecule has 1 aromatic heterocycles.